The number of rotatable bonds is 5. The van der Waals surface area contributed by atoms with E-state index in [1.54, 1.807) is 0 Å². The van der Waals surface area contributed by atoms with Crippen molar-refractivity contribution in [3.63, 3.8) is 0 Å². The molecular weight excluding hydrogens is 230 g/mol. The molecule has 0 saturated carbocycles. The molecule has 0 unspecified atom stereocenters. The smallest absolute Gasteiger partial charge is 0.304 e. The van der Waals surface area contributed by atoms with Gasteiger partial charge in [0.25, 0.3) is 0 Å². The molecule has 1 aromatic rings. The van der Waals surface area contributed by atoms with Gasteiger partial charge < -0.3 is 15.6 Å². The van der Waals surface area contributed by atoms with Gasteiger partial charge in [-0.1, -0.05) is 12.1 Å². The minimum absolute atomic E-state index is 0.0136. The lowest BCUT2D eigenvalue weighted by Crippen LogP contribution is -2.26. The molecular formula is C14H21NO3. The Hall–Kier alpha value is -1.55. The number of hydrogen-bond acceptors (Lipinski definition) is 3. The average molecular weight is 251 g/mol. The number of nitrogens with two attached hydrogens (primary N) is 1. The number of hydrogen-bond donors (Lipinski definition) is 2. The molecule has 4 heteroatoms. The fraction of sp³-hybridized carbons (Fsp3) is 0.500. The Morgan fingerprint density at radius 1 is 1.33 bits per heavy atom. The third-order valence-electron chi connectivity index (χ3n) is 2.28. The molecule has 0 amide bonds. The maximum absolute atomic E-state index is 10.5. The highest BCUT2D eigenvalue weighted by Gasteiger charge is 2.12. The van der Waals surface area contributed by atoms with Crippen LogP contribution in [-0.2, 0) is 11.2 Å². The van der Waals surface area contributed by atoms with Crippen LogP contribution in [-0.4, -0.2) is 22.7 Å². The Balaban J connectivity index is 2.57. The van der Waals surface area contributed by atoms with E-state index in [4.69, 9.17) is 15.6 Å². The molecule has 0 heterocycles. The van der Waals surface area contributed by atoms with Crippen LogP contribution in [0.15, 0.2) is 24.3 Å². The van der Waals surface area contributed by atoms with Crippen molar-refractivity contribution in [2.24, 2.45) is 5.73 Å². The SMILES string of the molecule is CC(C)(C)Oc1ccc(C[C@H](N)CC(=O)O)cc1. The van der Waals surface area contributed by atoms with Crippen LogP contribution < -0.4 is 10.5 Å². The second kappa shape index (κ2) is 5.87. The highest BCUT2D eigenvalue weighted by atomic mass is 16.5. The van der Waals surface area contributed by atoms with Crippen LogP contribution in [0.25, 0.3) is 0 Å². The molecule has 1 atom stereocenters. The van der Waals surface area contributed by atoms with Gasteiger partial charge in [-0.2, -0.15) is 0 Å². The molecule has 0 spiro atoms. The van der Waals surface area contributed by atoms with Crippen molar-refractivity contribution in [3.05, 3.63) is 29.8 Å². The summed E-state index contributed by atoms with van der Waals surface area (Å²) >= 11 is 0. The van der Waals surface area contributed by atoms with Crippen LogP contribution in [0.1, 0.15) is 32.8 Å². The topological polar surface area (TPSA) is 72.5 Å². The molecule has 18 heavy (non-hydrogen) atoms. The van der Waals surface area contributed by atoms with E-state index < -0.39 is 5.97 Å². The molecule has 1 aromatic carbocycles. The van der Waals surface area contributed by atoms with Gasteiger partial charge in [0.2, 0.25) is 0 Å². The first-order chi connectivity index (χ1) is 8.26. The van der Waals surface area contributed by atoms with Crippen molar-refractivity contribution in [1.29, 1.82) is 0 Å². The molecule has 0 aromatic heterocycles. The first kappa shape index (κ1) is 14.5. The summed E-state index contributed by atoms with van der Waals surface area (Å²) < 4.78 is 5.70. The predicted molar refractivity (Wildman–Crippen MR) is 70.8 cm³/mol. The normalized spacial score (nSPS) is 13.1. The summed E-state index contributed by atoms with van der Waals surface area (Å²) in [7, 11) is 0. The second-order valence-electron chi connectivity index (χ2n) is 5.42. The fourth-order valence-corrected chi connectivity index (χ4v) is 1.65. The molecule has 4 nitrogen and oxygen atoms in total. The summed E-state index contributed by atoms with van der Waals surface area (Å²) in [6.45, 7) is 5.97. The van der Waals surface area contributed by atoms with Crippen LogP contribution >= 0.6 is 0 Å². The number of aliphatic carboxylic acids is 1. The number of carboxylic acid groups (broad SMARTS) is 1. The average Bonchev–Trinajstić information content (AvgIpc) is 2.17. The van der Waals surface area contributed by atoms with Gasteiger partial charge >= 0.3 is 5.97 Å². The Morgan fingerprint density at radius 3 is 2.33 bits per heavy atom. The van der Waals surface area contributed by atoms with Crippen molar-refractivity contribution in [1.82, 2.24) is 0 Å². The van der Waals surface area contributed by atoms with Gasteiger partial charge in [-0.15, -0.1) is 0 Å². The van der Waals surface area contributed by atoms with Crippen LogP contribution in [0, 0.1) is 0 Å². The summed E-state index contributed by atoms with van der Waals surface area (Å²) in [6.07, 6.45) is 0.544. The Bertz CT molecular complexity index is 392. The van der Waals surface area contributed by atoms with E-state index in [-0.39, 0.29) is 18.1 Å². The van der Waals surface area contributed by atoms with Crippen molar-refractivity contribution in [3.8, 4) is 5.75 Å². The summed E-state index contributed by atoms with van der Waals surface area (Å²) in [6, 6.07) is 7.25. The third kappa shape index (κ3) is 5.68. The van der Waals surface area contributed by atoms with Crippen LogP contribution in [0.5, 0.6) is 5.75 Å². The Labute approximate surface area is 108 Å². The molecule has 100 valence electrons. The molecule has 0 bridgehead atoms. The van der Waals surface area contributed by atoms with Crippen molar-refractivity contribution >= 4 is 5.97 Å². The maximum Gasteiger partial charge on any atom is 0.304 e. The van der Waals surface area contributed by atoms with Gasteiger partial charge in [-0.05, 0) is 44.9 Å². The van der Waals surface area contributed by atoms with Crippen molar-refractivity contribution in [2.75, 3.05) is 0 Å². The second-order valence-corrected chi connectivity index (χ2v) is 5.42. The monoisotopic (exact) mass is 251 g/mol. The standard InChI is InChI=1S/C14H21NO3/c1-14(2,3)18-12-6-4-10(5-7-12)8-11(15)9-13(16)17/h4-7,11H,8-9,15H2,1-3H3,(H,16,17)/t11-/m0/s1. The van der Waals surface area contributed by atoms with E-state index >= 15 is 0 Å². The summed E-state index contributed by atoms with van der Waals surface area (Å²) in [5.74, 6) is -0.0618. The summed E-state index contributed by atoms with van der Waals surface area (Å²) in [5.41, 5.74) is 6.53. The quantitative estimate of drug-likeness (QED) is 0.841. The van der Waals surface area contributed by atoms with E-state index in [0.29, 0.717) is 6.42 Å². The van der Waals surface area contributed by atoms with Gasteiger partial charge in [0.15, 0.2) is 0 Å². The minimum atomic E-state index is -0.866. The first-order valence-corrected chi connectivity index (χ1v) is 6.01. The third-order valence-corrected chi connectivity index (χ3v) is 2.28. The number of carboxylic acids is 1. The fourth-order valence-electron chi connectivity index (χ4n) is 1.65. The lowest BCUT2D eigenvalue weighted by atomic mass is 10.0. The molecule has 1 rings (SSSR count). The van der Waals surface area contributed by atoms with Crippen LogP contribution in [0.2, 0.25) is 0 Å². The van der Waals surface area contributed by atoms with Crippen molar-refractivity contribution < 1.29 is 14.6 Å². The maximum atomic E-state index is 10.5. The van der Waals surface area contributed by atoms with Crippen molar-refractivity contribution in [2.45, 2.75) is 45.3 Å². The largest absolute Gasteiger partial charge is 0.488 e. The Kier molecular flexibility index (Phi) is 4.73. The summed E-state index contributed by atoms with van der Waals surface area (Å²) in [4.78, 5) is 10.5. The molecule has 3 N–H and O–H groups in total. The van der Waals surface area contributed by atoms with Gasteiger partial charge in [0, 0.05) is 6.04 Å². The summed E-state index contributed by atoms with van der Waals surface area (Å²) in [5, 5.41) is 8.63. The zero-order valence-electron chi connectivity index (χ0n) is 11.1. The molecule has 0 aliphatic carbocycles. The van der Waals surface area contributed by atoms with E-state index in [9.17, 15) is 4.79 Å². The van der Waals surface area contributed by atoms with E-state index in [1.165, 1.54) is 0 Å². The van der Waals surface area contributed by atoms with Gasteiger partial charge in [-0.3, -0.25) is 4.79 Å². The van der Waals surface area contributed by atoms with Gasteiger partial charge in [0.1, 0.15) is 11.4 Å². The van der Waals surface area contributed by atoms with E-state index in [2.05, 4.69) is 0 Å². The predicted octanol–water partition coefficient (Wildman–Crippen LogP) is 2.21. The molecule has 0 aliphatic rings. The zero-order valence-corrected chi connectivity index (χ0v) is 11.1. The highest BCUT2D eigenvalue weighted by molar-refractivity contribution is 5.67. The van der Waals surface area contributed by atoms with E-state index in [0.717, 1.165) is 11.3 Å². The van der Waals surface area contributed by atoms with E-state index in [1.807, 2.05) is 45.0 Å². The van der Waals surface area contributed by atoms with Crippen LogP contribution in [0.4, 0.5) is 0 Å². The zero-order chi connectivity index (χ0) is 13.8. The Morgan fingerprint density at radius 2 is 1.89 bits per heavy atom. The number of carbonyl (C=O) groups is 1. The minimum Gasteiger partial charge on any atom is -0.488 e. The lowest BCUT2D eigenvalue weighted by molar-refractivity contribution is -0.137. The van der Waals surface area contributed by atoms with Gasteiger partial charge in [-0.25, -0.2) is 0 Å². The lowest BCUT2D eigenvalue weighted by Gasteiger charge is -2.21. The number of benzene rings is 1. The molecule has 0 radical (unpaired) electrons. The van der Waals surface area contributed by atoms with Crippen LogP contribution in [0.3, 0.4) is 0 Å². The molecule has 0 saturated heterocycles. The highest BCUT2D eigenvalue weighted by Crippen LogP contribution is 2.19. The molecule has 0 aliphatic heterocycles. The van der Waals surface area contributed by atoms with Gasteiger partial charge in [0.05, 0.1) is 6.42 Å². The number of ether oxygens (including phenoxy) is 1. The molecule has 0 fully saturated rings. The first-order valence-electron chi connectivity index (χ1n) is 6.01.